The first-order valence-corrected chi connectivity index (χ1v) is 9.79. The van der Waals surface area contributed by atoms with Crippen LogP contribution in [0, 0.1) is 5.92 Å². The summed E-state index contributed by atoms with van der Waals surface area (Å²) < 4.78 is 34.2. The molecule has 2 saturated heterocycles. The summed E-state index contributed by atoms with van der Waals surface area (Å²) >= 11 is 1.58. The molecule has 0 aliphatic carbocycles. The zero-order valence-electron chi connectivity index (χ0n) is 14.6. The van der Waals surface area contributed by atoms with Crippen molar-refractivity contribution in [3.05, 3.63) is 35.0 Å². The minimum Gasteiger partial charge on any atom is -0.354 e. The molecule has 0 saturated carbocycles. The standard InChI is InChI=1S/C19H17F2N3O2S/c1-11-9-24-15(19(11,20)21)5-7-23(18(24)25)17-16-13(12-6-8-27-10-12)3-2-4-14(16)26-22-17/h2-4,6,8,10-11,15H,5,7,9H2,1H3/t11-,15-/m1/s1. The Hall–Kier alpha value is -2.48. The maximum atomic E-state index is 14.4. The lowest BCUT2D eigenvalue weighted by atomic mass is 9.99. The number of rotatable bonds is 2. The monoisotopic (exact) mass is 389 g/mol. The molecule has 0 spiro atoms. The second-order valence-electron chi connectivity index (χ2n) is 7.16. The van der Waals surface area contributed by atoms with Crippen molar-refractivity contribution in [2.75, 3.05) is 18.0 Å². The highest BCUT2D eigenvalue weighted by atomic mass is 32.1. The van der Waals surface area contributed by atoms with Crippen molar-refractivity contribution in [1.82, 2.24) is 10.1 Å². The van der Waals surface area contributed by atoms with Gasteiger partial charge in [0.25, 0.3) is 5.92 Å². The van der Waals surface area contributed by atoms with Crippen molar-refractivity contribution < 1.29 is 18.1 Å². The van der Waals surface area contributed by atoms with Gasteiger partial charge in [0.2, 0.25) is 0 Å². The van der Waals surface area contributed by atoms with Gasteiger partial charge in [0.1, 0.15) is 0 Å². The predicted molar refractivity (Wildman–Crippen MR) is 99.3 cm³/mol. The zero-order chi connectivity index (χ0) is 18.8. The van der Waals surface area contributed by atoms with E-state index in [4.69, 9.17) is 4.52 Å². The normalized spacial score (nSPS) is 24.6. The van der Waals surface area contributed by atoms with Gasteiger partial charge in [-0.15, -0.1) is 0 Å². The first-order valence-electron chi connectivity index (χ1n) is 8.85. The second-order valence-corrected chi connectivity index (χ2v) is 7.94. The number of fused-ring (bicyclic) bond motifs is 2. The SMILES string of the molecule is C[C@@H]1CN2C(=O)N(c3noc4cccc(-c5ccsc5)c34)CC[C@@H]2C1(F)F. The number of carbonyl (C=O) groups excluding carboxylic acids is 1. The van der Waals surface area contributed by atoms with Gasteiger partial charge in [-0.25, -0.2) is 13.6 Å². The number of benzene rings is 1. The molecule has 2 fully saturated rings. The van der Waals surface area contributed by atoms with E-state index >= 15 is 0 Å². The Labute approximate surface area is 158 Å². The van der Waals surface area contributed by atoms with Crippen LogP contribution in [0.5, 0.6) is 0 Å². The molecule has 8 heteroatoms. The van der Waals surface area contributed by atoms with Crippen LogP contribution in [0.1, 0.15) is 13.3 Å². The van der Waals surface area contributed by atoms with E-state index in [-0.39, 0.29) is 19.5 Å². The first kappa shape index (κ1) is 16.7. The summed E-state index contributed by atoms with van der Waals surface area (Å²) in [6.45, 7) is 1.75. The minimum absolute atomic E-state index is 0.0557. The van der Waals surface area contributed by atoms with Crippen LogP contribution in [0.15, 0.2) is 39.5 Å². The number of halogens is 2. The summed E-state index contributed by atoms with van der Waals surface area (Å²) in [5, 5.41) is 8.86. The Morgan fingerprint density at radius 1 is 1.33 bits per heavy atom. The van der Waals surface area contributed by atoms with E-state index in [1.807, 2.05) is 29.0 Å². The highest BCUT2D eigenvalue weighted by Crippen LogP contribution is 2.44. The van der Waals surface area contributed by atoms with Crippen LogP contribution in [0.4, 0.5) is 19.4 Å². The molecular formula is C19H17F2N3O2S. The van der Waals surface area contributed by atoms with Gasteiger partial charge in [0, 0.05) is 19.0 Å². The highest BCUT2D eigenvalue weighted by molar-refractivity contribution is 7.08. The molecule has 0 radical (unpaired) electrons. The quantitative estimate of drug-likeness (QED) is 0.630. The topological polar surface area (TPSA) is 49.6 Å². The summed E-state index contributed by atoms with van der Waals surface area (Å²) in [5.41, 5.74) is 2.50. The highest BCUT2D eigenvalue weighted by Gasteiger charge is 2.58. The molecule has 0 N–H and O–H groups in total. The smallest absolute Gasteiger partial charge is 0.326 e. The Morgan fingerprint density at radius 3 is 2.96 bits per heavy atom. The van der Waals surface area contributed by atoms with Crippen molar-refractivity contribution in [2.24, 2.45) is 5.92 Å². The summed E-state index contributed by atoms with van der Waals surface area (Å²) in [7, 11) is 0. The van der Waals surface area contributed by atoms with Crippen LogP contribution in [-0.4, -0.2) is 41.1 Å². The van der Waals surface area contributed by atoms with Gasteiger partial charge in [0.15, 0.2) is 11.4 Å². The largest absolute Gasteiger partial charge is 0.354 e. The van der Waals surface area contributed by atoms with Crippen molar-refractivity contribution in [3.8, 4) is 11.1 Å². The fourth-order valence-corrected chi connectivity index (χ4v) is 4.81. The van der Waals surface area contributed by atoms with Crippen molar-refractivity contribution in [1.29, 1.82) is 0 Å². The summed E-state index contributed by atoms with van der Waals surface area (Å²) in [4.78, 5) is 15.8. The van der Waals surface area contributed by atoms with Gasteiger partial charge in [-0.05, 0) is 40.4 Å². The first-order chi connectivity index (χ1) is 13.0. The molecule has 2 aromatic heterocycles. The van der Waals surface area contributed by atoms with Gasteiger partial charge < -0.3 is 9.42 Å². The van der Waals surface area contributed by atoms with E-state index in [0.717, 1.165) is 16.5 Å². The number of alkyl halides is 2. The number of aromatic nitrogens is 1. The van der Waals surface area contributed by atoms with Crippen LogP contribution in [0.25, 0.3) is 22.1 Å². The molecule has 2 amide bonds. The average Bonchev–Trinajstić information content (AvgIpc) is 3.36. The van der Waals surface area contributed by atoms with Crippen LogP contribution in [0.2, 0.25) is 0 Å². The number of thiophene rings is 1. The lowest BCUT2D eigenvalue weighted by Gasteiger charge is -2.37. The van der Waals surface area contributed by atoms with Crippen molar-refractivity contribution >= 4 is 34.2 Å². The van der Waals surface area contributed by atoms with Crippen molar-refractivity contribution in [3.63, 3.8) is 0 Å². The van der Waals surface area contributed by atoms with Crippen LogP contribution < -0.4 is 4.90 Å². The van der Waals surface area contributed by atoms with Gasteiger partial charge in [-0.3, -0.25) is 4.90 Å². The molecule has 2 atom stereocenters. The second kappa shape index (κ2) is 5.76. The van der Waals surface area contributed by atoms with Crippen molar-refractivity contribution in [2.45, 2.75) is 25.3 Å². The van der Waals surface area contributed by atoms with E-state index < -0.39 is 23.9 Å². The molecule has 5 rings (SSSR count). The molecule has 1 aromatic carbocycles. The van der Waals surface area contributed by atoms with Gasteiger partial charge >= 0.3 is 6.03 Å². The molecule has 140 valence electrons. The predicted octanol–water partition coefficient (Wildman–Crippen LogP) is 4.84. The number of hydrogen-bond acceptors (Lipinski definition) is 4. The Kier molecular flexibility index (Phi) is 3.56. The van der Waals surface area contributed by atoms with Crippen LogP contribution >= 0.6 is 11.3 Å². The molecule has 4 heterocycles. The number of anilines is 1. The van der Waals surface area contributed by atoms with Crippen LogP contribution in [-0.2, 0) is 0 Å². The number of amides is 2. The van der Waals surface area contributed by atoms with E-state index in [1.165, 1.54) is 16.7 Å². The molecular weight excluding hydrogens is 372 g/mol. The molecule has 2 aliphatic rings. The van der Waals surface area contributed by atoms with E-state index in [9.17, 15) is 13.6 Å². The maximum absolute atomic E-state index is 14.4. The average molecular weight is 389 g/mol. The number of nitrogens with zero attached hydrogens (tertiary/aromatic N) is 3. The summed E-state index contributed by atoms with van der Waals surface area (Å²) in [5.74, 6) is -3.30. The van der Waals surface area contributed by atoms with Gasteiger partial charge in [0.05, 0.1) is 11.4 Å². The number of carbonyl (C=O) groups is 1. The molecule has 0 unspecified atom stereocenters. The van der Waals surface area contributed by atoms with E-state index in [1.54, 1.807) is 17.4 Å². The molecule has 3 aromatic rings. The van der Waals surface area contributed by atoms with E-state index in [2.05, 4.69) is 5.16 Å². The Balaban J connectivity index is 1.58. The molecule has 27 heavy (non-hydrogen) atoms. The lowest BCUT2D eigenvalue weighted by molar-refractivity contribution is -0.0585. The third-order valence-corrected chi connectivity index (χ3v) is 6.30. The number of hydrogen-bond donors (Lipinski definition) is 0. The summed E-state index contributed by atoms with van der Waals surface area (Å²) in [6.07, 6.45) is 0.206. The molecule has 5 nitrogen and oxygen atoms in total. The fourth-order valence-electron chi connectivity index (χ4n) is 4.16. The third kappa shape index (κ3) is 2.32. The minimum atomic E-state index is -2.85. The maximum Gasteiger partial charge on any atom is 0.326 e. The molecule has 0 bridgehead atoms. The number of urea groups is 1. The Bertz CT molecular complexity index is 1020. The molecule has 2 aliphatic heterocycles. The van der Waals surface area contributed by atoms with Crippen LogP contribution in [0.3, 0.4) is 0 Å². The van der Waals surface area contributed by atoms with Gasteiger partial charge in [-0.1, -0.05) is 24.2 Å². The fraction of sp³-hybridized carbons (Fsp3) is 0.368. The third-order valence-electron chi connectivity index (χ3n) is 5.62. The lowest BCUT2D eigenvalue weighted by Crippen LogP contribution is -2.55. The summed E-state index contributed by atoms with van der Waals surface area (Å²) in [6, 6.07) is 6.16. The zero-order valence-corrected chi connectivity index (χ0v) is 15.4. The Morgan fingerprint density at radius 2 is 2.19 bits per heavy atom. The van der Waals surface area contributed by atoms with Gasteiger partial charge in [-0.2, -0.15) is 11.3 Å². The van der Waals surface area contributed by atoms with E-state index in [0.29, 0.717) is 11.4 Å².